The molecule has 0 amide bonds. The topological polar surface area (TPSA) is 57.2 Å². The van der Waals surface area contributed by atoms with E-state index in [1.165, 1.54) is 12.8 Å². The van der Waals surface area contributed by atoms with E-state index in [9.17, 15) is 13.0 Å². The maximum absolute atomic E-state index is 10.2. The van der Waals surface area contributed by atoms with Crippen molar-refractivity contribution in [3.05, 3.63) is 0 Å². The van der Waals surface area contributed by atoms with Crippen LogP contribution in [0.1, 0.15) is 45.4 Å². The first-order valence-electron chi connectivity index (χ1n) is 5.72. The Morgan fingerprint density at radius 1 is 0.938 bits per heavy atom. The standard InChI is InChI=1S/C8H18O3S.C3H9S/c1-2-3-4-5-6-7-8-12(9,10)11;1-4(2)3/h2-8H2,1H3,(H,9,10,11);1-3H3/q;+1/p-1. The quantitative estimate of drug-likeness (QED) is 0.405. The first kappa shape index (κ1) is 18.6. The van der Waals surface area contributed by atoms with Gasteiger partial charge in [-0.15, -0.1) is 0 Å². The molecule has 5 heteroatoms. The van der Waals surface area contributed by atoms with Crippen molar-refractivity contribution in [1.82, 2.24) is 0 Å². The van der Waals surface area contributed by atoms with Gasteiger partial charge < -0.3 is 4.55 Å². The van der Waals surface area contributed by atoms with Crippen LogP contribution in [0.4, 0.5) is 0 Å². The summed E-state index contributed by atoms with van der Waals surface area (Å²) >= 11 is 0. The van der Waals surface area contributed by atoms with Crippen LogP contribution >= 0.6 is 0 Å². The molecule has 100 valence electrons. The molecule has 0 saturated carbocycles. The van der Waals surface area contributed by atoms with E-state index in [4.69, 9.17) is 0 Å². The molecule has 0 radical (unpaired) electrons. The van der Waals surface area contributed by atoms with Crippen LogP contribution < -0.4 is 0 Å². The van der Waals surface area contributed by atoms with Crippen LogP contribution in [0.15, 0.2) is 0 Å². The van der Waals surface area contributed by atoms with E-state index in [2.05, 4.69) is 25.7 Å². The highest BCUT2D eigenvalue weighted by atomic mass is 32.2. The van der Waals surface area contributed by atoms with Crippen molar-refractivity contribution in [2.24, 2.45) is 0 Å². The van der Waals surface area contributed by atoms with Gasteiger partial charge in [-0.2, -0.15) is 0 Å². The lowest BCUT2D eigenvalue weighted by molar-refractivity contribution is 0.459. The summed E-state index contributed by atoms with van der Waals surface area (Å²) in [5, 5.41) is 0. The Morgan fingerprint density at radius 3 is 1.69 bits per heavy atom. The molecule has 0 aliphatic heterocycles. The molecule has 0 aliphatic rings. The van der Waals surface area contributed by atoms with Gasteiger partial charge >= 0.3 is 0 Å². The third kappa shape index (κ3) is 29.2. The summed E-state index contributed by atoms with van der Waals surface area (Å²) in [6.45, 7) is 2.13. The minimum absolute atomic E-state index is 0.195. The SMILES string of the molecule is CCCCCCCCS(=O)(=O)[O-].C[S+](C)C. The third-order valence-electron chi connectivity index (χ3n) is 1.75. The molecule has 16 heavy (non-hydrogen) atoms. The third-order valence-corrected chi connectivity index (χ3v) is 2.54. The van der Waals surface area contributed by atoms with Crippen LogP contribution in [-0.2, 0) is 21.0 Å². The Labute approximate surface area is 104 Å². The number of hydrogen-bond acceptors (Lipinski definition) is 3. The fourth-order valence-electron chi connectivity index (χ4n) is 1.06. The maximum Gasteiger partial charge on any atom is 0.0969 e. The van der Waals surface area contributed by atoms with Gasteiger partial charge in [-0.1, -0.05) is 39.0 Å². The van der Waals surface area contributed by atoms with Crippen molar-refractivity contribution in [3.63, 3.8) is 0 Å². The largest absolute Gasteiger partial charge is 0.748 e. The maximum atomic E-state index is 10.2. The lowest BCUT2D eigenvalue weighted by atomic mass is 10.1. The molecule has 0 heterocycles. The predicted octanol–water partition coefficient (Wildman–Crippen LogP) is 2.39. The Hall–Kier alpha value is 0.260. The van der Waals surface area contributed by atoms with Crippen LogP contribution in [0.2, 0.25) is 0 Å². The zero-order valence-corrected chi connectivity index (χ0v) is 12.6. The number of hydrogen-bond donors (Lipinski definition) is 0. The van der Waals surface area contributed by atoms with Crippen LogP contribution in [0, 0.1) is 0 Å². The minimum atomic E-state index is -3.97. The molecule has 0 N–H and O–H groups in total. The van der Waals surface area contributed by atoms with Crippen molar-refractivity contribution < 1.29 is 13.0 Å². The van der Waals surface area contributed by atoms with E-state index in [1.807, 2.05) is 0 Å². The van der Waals surface area contributed by atoms with Gasteiger partial charge in [0.05, 0.1) is 28.9 Å². The van der Waals surface area contributed by atoms with E-state index in [-0.39, 0.29) is 5.75 Å². The highest BCUT2D eigenvalue weighted by Crippen LogP contribution is 2.05. The Morgan fingerprint density at radius 2 is 1.31 bits per heavy atom. The first-order chi connectivity index (χ1) is 7.29. The lowest BCUT2D eigenvalue weighted by Crippen LogP contribution is -2.03. The van der Waals surface area contributed by atoms with E-state index < -0.39 is 10.1 Å². The van der Waals surface area contributed by atoms with E-state index in [0.29, 0.717) is 17.3 Å². The normalized spacial score (nSPS) is 11.1. The summed E-state index contributed by atoms with van der Waals surface area (Å²) in [5.41, 5.74) is 0. The Balaban J connectivity index is 0. The Kier molecular flexibility index (Phi) is 13.7. The number of rotatable bonds is 7. The van der Waals surface area contributed by atoms with Gasteiger partial charge in [0.1, 0.15) is 0 Å². The summed E-state index contributed by atoms with van der Waals surface area (Å²) in [6, 6.07) is 0. The van der Waals surface area contributed by atoms with E-state index >= 15 is 0 Å². The second-order valence-electron chi connectivity index (χ2n) is 4.25. The molecule has 0 aromatic heterocycles. The monoisotopic (exact) mass is 270 g/mol. The molecule has 0 atom stereocenters. The predicted molar refractivity (Wildman–Crippen MR) is 73.1 cm³/mol. The second kappa shape index (κ2) is 11.7. The zero-order chi connectivity index (χ0) is 13.0. The molecule has 0 unspecified atom stereocenters. The molecule has 0 rings (SSSR count). The van der Waals surface area contributed by atoms with Crippen molar-refractivity contribution in [2.45, 2.75) is 45.4 Å². The molecular weight excluding hydrogens is 244 g/mol. The van der Waals surface area contributed by atoms with Crippen molar-refractivity contribution in [3.8, 4) is 0 Å². The fraction of sp³-hybridized carbons (Fsp3) is 1.00. The van der Waals surface area contributed by atoms with Crippen LogP contribution in [0.5, 0.6) is 0 Å². The molecule has 0 spiro atoms. The van der Waals surface area contributed by atoms with Crippen molar-refractivity contribution in [1.29, 1.82) is 0 Å². The van der Waals surface area contributed by atoms with E-state index in [1.54, 1.807) is 0 Å². The van der Waals surface area contributed by atoms with Gasteiger partial charge in [0, 0.05) is 5.75 Å². The van der Waals surface area contributed by atoms with Crippen LogP contribution in [0.3, 0.4) is 0 Å². The molecule has 0 fully saturated rings. The van der Waals surface area contributed by atoms with Gasteiger partial charge in [0.2, 0.25) is 0 Å². The lowest BCUT2D eigenvalue weighted by Gasteiger charge is -2.05. The molecular formula is C11H26O3S2. The van der Waals surface area contributed by atoms with Gasteiger partial charge in [-0.05, 0) is 17.3 Å². The first-order valence-corrected chi connectivity index (χ1v) is 9.75. The van der Waals surface area contributed by atoms with E-state index in [0.717, 1.165) is 19.3 Å². The summed E-state index contributed by atoms with van der Waals surface area (Å²) in [7, 11) is -3.33. The smallest absolute Gasteiger partial charge is 0.0969 e. The Bertz CT molecular complexity index is 221. The number of unbranched alkanes of at least 4 members (excludes halogenated alkanes) is 5. The highest BCUT2D eigenvalue weighted by molar-refractivity contribution is 7.94. The van der Waals surface area contributed by atoms with Gasteiger partial charge in [0.15, 0.2) is 0 Å². The molecule has 0 bridgehead atoms. The molecule has 0 aliphatic carbocycles. The average Bonchev–Trinajstić information content (AvgIpc) is 2.08. The molecule has 3 nitrogen and oxygen atoms in total. The van der Waals surface area contributed by atoms with Crippen molar-refractivity contribution >= 4 is 21.0 Å². The summed E-state index contributed by atoms with van der Waals surface area (Å²) < 4.78 is 30.5. The summed E-state index contributed by atoms with van der Waals surface area (Å²) in [4.78, 5) is 0. The molecule has 0 aromatic rings. The average molecular weight is 270 g/mol. The highest BCUT2D eigenvalue weighted by Gasteiger charge is 1.94. The van der Waals surface area contributed by atoms with Gasteiger partial charge in [-0.25, -0.2) is 8.42 Å². The molecule has 0 aromatic carbocycles. The van der Waals surface area contributed by atoms with Crippen molar-refractivity contribution in [2.75, 3.05) is 24.5 Å². The van der Waals surface area contributed by atoms with Crippen LogP contribution in [0.25, 0.3) is 0 Å². The summed E-state index contributed by atoms with van der Waals surface area (Å²) in [5.74, 6) is -0.195. The second-order valence-corrected chi connectivity index (χ2v) is 8.23. The van der Waals surface area contributed by atoms with Gasteiger partial charge in [0.25, 0.3) is 0 Å². The minimum Gasteiger partial charge on any atom is -0.748 e. The summed E-state index contributed by atoms with van der Waals surface area (Å²) in [6.07, 6.45) is 12.5. The van der Waals surface area contributed by atoms with Gasteiger partial charge in [-0.3, -0.25) is 0 Å². The fourth-order valence-corrected chi connectivity index (χ4v) is 1.62. The zero-order valence-electron chi connectivity index (χ0n) is 11.0. The van der Waals surface area contributed by atoms with Crippen LogP contribution in [-0.4, -0.2) is 37.5 Å². The molecule has 0 saturated heterocycles.